The molecule has 2 rings (SSSR count). The maximum absolute atomic E-state index is 10.9. The van der Waals surface area contributed by atoms with Crippen LogP contribution >= 0.6 is 0 Å². The van der Waals surface area contributed by atoms with Crippen LogP contribution in [0.5, 0.6) is 0 Å². The molecule has 4 nitrogen and oxygen atoms in total. The number of rotatable bonds is 0. The van der Waals surface area contributed by atoms with Gasteiger partial charge in [-0.25, -0.2) is 9.78 Å². The van der Waals surface area contributed by atoms with Crippen molar-refractivity contribution in [2.24, 2.45) is 0 Å². The third-order valence-electron chi connectivity index (χ3n) is 2.14. The molecule has 2 aromatic heterocycles. The van der Waals surface area contributed by atoms with Crippen LogP contribution in [-0.4, -0.2) is 9.97 Å². The van der Waals surface area contributed by atoms with E-state index in [9.17, 15) is 4.79 Å². The van der Waals surface area contributed by atoms with Gasteiger partial charge in [-0.05, 0) is 17.0 Å². The van der Waals surface area contributed by atoms with E-state index in [2.05, 4.69) is 30.7 Å². The van der Waals surface area contributed by atoms with Crippen LogP contribution in [0.1, 0.15) is 26.3 Å². The third-order valence-corrected chi connectivity index (χ3v) is 2.14. The van der Waals surface area contributed by atoms with Gasteiger partial charge in [0, 0.05) is 6.20 Å². The van der Waals surface area contributed by atoms with Gasteiger partial charge < -0.3 is 4.42 Å². The lowest BCUT2D eigenvalue weighted by molar-refractivity contribution is 0.544. The molecular weight excluding hydrogens is 180 g/mol. The second kappa shape index (κ2) is 2.70. The van der Waals surface area contributed by atoms with Gasteiger partial charge in [-0.1, -0.05) is 20.8 Å². The fourth-order valence-corrected chi connectivity index (χ4v) is 1.26. The summed E-state index contributed by atoms with van der Waals surface area (Å²) in [6.45, 7) is 6.27. The number of hydrogen-bond donors (Lipinski definition) is 1. The van der Waals surface area contributed by atoms with E-state index in [4.69, 9.17) is 4.42 Å². The summed E-state index contributed by atoms with van der Waals surface area (Å²) in [7, 11) is 0. The zero-order valence-electron chi connectivity index (χ0n) is 8.42. The summed E-state index contributed by atoms with van der Waals surface area (Å²) >= 11 is 0. The summed E-state index contributed by atoms with van der Waals surface area (Å²) < 4.78 is 4.81. The number of nitrogens with one attached hydrogen (secondary N) is 1. The Morgan fingerprint density at radius 1 is 1.43 bits per heavy atom. The lowest BCUT2D eigenvalue weighted by Crippen LogP contribution is -2.11. The van der Waals surface area contributed by atoms with Crippen molar-refractivity contribution >= 4 is 11.2 Å². The maximum Gasteiger partial charge on any atom is 0.418 e. The monoisotopic (exact) mass is 192 g/mol. The molecule has 0 aromatic carbocycles. The molecule has 1 N–H and O–H groups in total. The first-order valence-corrected chi connectivity index (χ1v) is 4.46. The zero-order chi connectivity index (χ0) is 10.3. The Morgan fingerprint density at radius 3 is 2.79 bits per heavy atom. The fourth-order valence-electron chi connectivity index (χ4n) is 1.26. The van der Waals surface area contributed by atoms with Gasteiger partial charge in [0.25, 0.3) is 0 Å². The molecule has 0 fully saturated rings. The van der Waals surface area contributed by atoms with Crippen LogP contribution < -0.4 is 5.76 Å². The molecule has 0 radical (unpaired) electrons. The highest BCUT2D eigenvalue weighted by atomic mass is 16.4. The highest BCUT2D eigenvalue weighted by molar-refractivity contribution is 5.68. The summed E-state index contributed by atoms with van der Waals surface area (Å²) in [4.78, 5) is 17.5. The zero-order valence-corrected chi connectivity index (χ0v) is 8.42. The Balaban J connectivity index is 2.67. The van der Waals surface area contributed by atoms with Crippen molar-refractivity contribution in [3.63, 3.8) is 0 Å². The molecule has 0 amide bonds. The molecule has 0 unspecified atom stereocenters. The molecule has 0 atom stereocenters. The SMILES string of the molecule is CC(C)(C)c1cnc2oc(=O)[nH]c2c1. The molecule has 0 saturated heterocycles. The van der Waals surface area contributed by atoms with Crippen molar-refractivity contribution in [2.45, 2.75) is 26.2 Å². The summed E-state index contributed by atoms with van der Waals surface area (Å²) in [5.41, 5.74) is 2.11. The second-order valence-electron chi connectivity index (χ2n) is 4.34. The van der Waals surface area contributed by atoms with E-state index in [1.807, 2.05) is 6.07 Å². The first-order valence-electron chi connectivity index (χ1n) is 4.46. The van der Waals surface area contributed by atoms with Crippen LogP contribution in [0.3, 0.4) is 0 Å². The topological polar surface area (TPSA) is 58.9 Å². The molecular formula is C10H12N2O2. The van der Waals surface area contributed by atoms with Gasteiger partial charge in [0.15, 0.2) is 0 Å². The van der Waals surface area contributed by atoms with E-state index >= 15 is 0 Å². The highest BCUT2D eigenvalue weighted by Crippen LogP contribution is 2.23. The molecule has 2 heterocycles. The second-order valence-corrected chi connectivity index (χ2v) is 4.34. The van der Waals surface area contributed by atoms with Gasteiger partial charge in [0.05, 0.1) is 0 Å². The van der Waals surface area contributed by atoms with Crippen LogP contribution in [0.2, 0.25) is 0 Å². The summed E-state index contributed by atoms with van der Waals surface area (Å²) in [6.07, 6.45) is 1.74. The van der Waals surface area contributed by atoms with Gasteiger partial charge in [0.1, 0.15) is 5.52 Å². The Hall–Kier alpha value is -1.58. The van der Waals surface area contributed by atoms with E-state index in [1.165, 1.54) is 0 Å². The van der Waals surface area contributed by atoms with E-state index < -0.39 is 5.76 Å². The van der Waals surface area contributed by atoms with Crippen LogP contribution in [-0.2, 0) is 5.41 Å². The third kappa shape index (κ3) is 1.43. The first-order chi connectivity index (χ1) is 6.47. The fraction of sp³-hybridized carbons (Fsp3) is 0.400. The number of pyridine rings is 1. The van der Waals surface area contributed by atoms with Crippen molar-refractivity contribution in [1.29, 1.82) is 0 Å². The van der Waals surface area contributed by atoms with Crippen molar-refractivity contribution in [3.8, 4) is 0 Å². The molecule has 74 valence electrons. The van der Waals surface area contributed by atoms with Gasteiger partial charge in [-0.3, -0.25) is 4.98 Å². The molecule has 2 aromatic rings. The predicted octanol–water partition coefficient (Wildman–Crippen LogP) is 1.81. The molecule has 0 spiro atoms. The van der Waals surface area contributed by atoms with Gasteiger partial charge in [-0.2, -0.15) is 0 Å². The summed E-state index contributed by atoms with van der Waals surface area (Å²) in [5.74, 6) is -0.460. The van der Waals surface area contributed by atoms with Crippen LogP contribution in [0.4, 0.5) is 0 Å². The number of aromatic amines is 1. The Bertz CT molecular complexity index is 517. The molecule has 4 heteroatoms. The van der Waals surface area contributed by atoms with E-state index in [0.29, 0.717) is 11.2 Å². The van der Waals surface area contributed by atoms with Crippen LogP contribution in [0.25, 0.3) is 11.2 Å². The lowest BCUT2D eigenvalue weighted by Gasteiger charge is -2.17. The lowest BCUT2D eigenvalue weighted by atomic mass is 9.88. The summed E-state index contributed by atoms with van der Waals surface area (Å²) in [5, 5.41) is 0. The average molecular weight is 192 g/mol. The summed E-state index contributed by atoms with van der Waals surface area (Å²) in [6, 6.07) is 1.90. The number of H-pyrrole nitrogens is 1. The molecule has 14 heavy (non-hydrogen) atoms. The minimum atomic E-state index is -0.460. The number of oxazole rings is 1. The average Bonchev–Trinajstić information content (AvgIpc) is 2.41. The van der Waals surface area contributed by atoms with Crippen LogP contribution in [0.15, 0.2) is 21.5 Å². The van der Waals surface area contributed by atoms with Crippen molar-refractivity contribution in [2.75, 3.05) is 0 Å². The smallest absolute Gasteiger partial charge is 0.389 e. The number of nitrogens with zero attached hydrogens (tertiary/aromatic N) is 1. The Kier molecular flexibility index (Phi) is 1.74. The molecule has 0 aliphatic heterocycles. The predicted molar refractivity (Wildman–Crippen MR) is 53.3 cm³/mol. The van der Waals surface area contributed by atoms with Crippen molar-refractivity contribution in [1.82, 2.24) is 9.97 Å². The van der Waals surface area contributed by atoms with Crippen molar-refractivity contribution < 1.29 is 4.42 Å². The van der Waals surface area contributed by atoms with E-state index in [-0.39, 0.29) is 5.41 Å². The number of fused-ring (bicyclic) bond motifs is 1. The Morgan fingerprint density at radius 2 is 2.14 bits per heavy atom. The molecule has 0 aliphatic rings. The Labute approximate surface area is 81.0 Å². The van der Waals surface area contributed by atoms with Crippen LogP contribution in [0, 0.1) is 0 Å². The maximum atomic E-state index is 10.9. The minimum Gasteiger partial charge on any atom is -0.389 e. The number of hydrogen-bond acceptors (Lipinski definition) is 3. The minimum absolute atomic E-state index is 0.0232. The highest BCUT2D eigenvalue weighted by Gasteiger charge is 2.15. The number of aromatic nitrogens is 2. The van der Waals surface area contributed by atoms with Gasteiger partial charge in [-0.15, -0.1) is 0 Å². The van der Waals surface area contributed by atoms with Crippen molar-refractivity contribution in [3.05, 3.63) is 28.4 Å². The molecule has 0 saturated carbocycles. The quantitative estimate of drug-likeness (QED) is 0.692. The standard InChI is InChI=1S/C10H12N2O2/c1-10(2,3)6-4-7-8(11-5-6)14-9(13)12-7/h4-5H,1-3H3,(H,12,13). The largest absolute Gasteiger partial charge is 0.418 e. The van der Waals surface area contributed by atoms with Gasteiger partial charge in [0.2, 0.25) is 5.71 Å². The van der Waals surface area contributed by atoms with Gasteiger partial charge >= 0.3 is 5.76 Å². The van der Waals surface area contributed by atoms with E-state index in [1.54, 1.807) is 6.20 Å². The van der Waals surface area contributed by atoms with E-state index in [0.717, 1.165) is 5.56 Å². The molecule has 0 aliphatic carbocycles. The normalized spacial score (nSPS) is 12.2. The first kappa shape index (κ1) is 8.99. The molecule has 0 bridgehead atoms.